The van der Waals surface area contributed by atoms with E-state index in [2.05, 4.69) is 4.98 Å². The Morgan fingerprint density at radius 2 is 2.53 bits per heavy atom. The highest BCUT2D eigenvalue weighted by molar-refractivity contribution is 7.17. The number of epoxide rings is 1. The molecule has 0 saturated carbocycles. The third-order valence-corrected chi connectivity index (χ3v) is 3.60. The first-order valence-corrected chi connectivity index (χ1v) is 5.68. The molecule has 3 rings (SSSR count). The Kier molecular flexibility index (Phi) is 1.90. The molecule has 1 fully saturated rings. The maximum atomic E-state index is 12.0. The molecule has 0 aromatic carbocycles. The molecule has 1 unspecified atom stereocenters. The van der Waals surface area contributed by atoms with Crippen molar-refractivity contribution in [2.45, 2.75) is 19.6 Å². The number of hydrogen-bond acceptors (Lipinski definition) is 4. The van der Waals surface area contributed by atoms with Gasteiger partial charge in [-0.25, -0.2) is 4.98 Å². The lowest BCUT2D eigenvalue weighted by atomic mass is 10.3. The van der Waals surface area contributed by atoms with E-state index in [1.807, 2.05) is 12.3 Å². The van der Waals surface area contributed by atoms with E-state index in [9.17, 15) is 4.79 Å². The first kappa shape index (κ1) is 9.06. The van der Waals surface area contributed by atoms with Gasteiger partial charge in [-0.15, -0.1) is 11.3 Å². The Hall–Kier alpha value is -1.20. The maximum Gasteiger partial charge on any atom is 0.271 e. The van der Waals surface area contributed by atoms with Gasteiger partial charge in [-0.2, -0.15) is 0 Å². The topological polar surface area (TPSA) is 47.4 Å². The van der Waals surface area contributed by atoms with Crippen molar-refractivity contribution in [3.63, 3.8) is 0 Å². The number of fused-ring (bicyclic) bond motifs is 1. The largest absolute Gasteiger partial charge is 0.371 e. The van der Waals surface area contributed by atoms with Crippen molar-refractivity contribution in [2.75, 3.05) is 6.61 Å². The summed E-state index contributed by atoms with van der Waals surface area (Å²) in [5.41, 5.74) is 1.95. The molecule has 15 heavy (non-hydrogen) atoms. The molecule has 1 aliphatic heterocycles. The fourth-order valence-corrected chi connectivity index (χ4v) is 2.53. The lowest BCUT2D eigenvalue weighted by Gasteiger charge is -2.01. The third kappa shape index (κ3) is 1.48. The Morgan fingerprint density at radius 3 is 3.27 bits per heavy atom. The number of aromatic nitrogens is 2. The van der Waals surface area contributed by atoms with Crippen molar-refractivity contribution in [3.05, 3.63) is 27.6 Å². The van der Waals surface area contributed by atoms with E-state index in [4.69, 9.17) is 4.74 Å². The predicted octanol–water partition coefficient (Wildman–Crippen LogP) is 1.17. The number of ether oxygens (including phenoxy) is 1. The normalized spacial score (nSPS) is 19.7. The van der Waals surface area contributed by atoms with Gasteiger partial charge in [0.05, 0.1) is 31.1 Å². The first-order chi connectivity index (χ1) is 7.25. The van der Waals surface area contributed by atoms with Crippen LogP contribution in [-0.4, -0.2) is 22.3 Å². The molecule has 0 aliphatic carbocycles. The molecule has 1 atom stereocenters. The predicted molar refractivity (Wildman–Crippen MR) is 58.4 cm³/mol. The van der Waals surface area contributed by atoms with Crippen LogP contribution < -0.4 is 5.56 Å². The molecule has 2 aromatic rings. The molecule has 4 nitrogen and oxygen atoms in total. The summed E-state index contributed by atoms with van der Waals surface area (Å²) in [6.07, 6.45) is 1.83. The molecule has 0 bridgehead atoms. The quantitative estimate of drug-likeness (QED) is 0.716. The van der Waals surface area contributed by atoms with E-state index in [1.54, 1.807) is 10.9 Å². The summed E-state index contributed by atoms with van der Waals surface area (Å²) in [4.78, 5) is 16.3. The third-order valence-electron chi connectivity index (χ3n) is 2.53. The summed E-state index contributed by atoms with van der Waals surface area (Å²) in [6.45, 7) is 3.35. The van der Waals surface area contributed by atoms with E-state index in [1.165, 1.54) is 11.3 Å². The number of thiophene rings is 1. The zero-order valence-corrected chi connectivity index (χ0v) is 9.08. The summed E-state index contributed by atoms with van der Waals surface area (Å²) >= 11 is 1.47. The van der Waals surface area contributed by atoms with Gasteiger partial charge in [0.25, 0.3) is 5.56 Å². The SMILES string of the molecule is Cc1csc2c(=O)n(CC3CO3)cnc12. The van der Waals surface area contributed by atoms with Gasteiger partial charge in [-0.3, -0.25) is 9.36 Å². The molecule has 0 radical (unpaired) electrons. The van der Waals surface area contributed by atoms with Gasteiger partial charge in [0, 0.05) is 0 Å². The van der Waals surface area contributed by atoms with Gasteiger partial charge in [0.2, 0.25) is 0 Å². The Labute approximate surface area is 90.1 Å². The van der Waals surface area contributed by atoms with E-state index in [0.717, 1.165) is 22.4 Å². The summed E-state index contributed by atoms with van der Waals surface area (Å²) < 4.78 is 7.48. The number of nitrogens with zero attached hydrogens (tertiary/aromatic N) is 2. The average molecular weight is 222 g/mol. The lowest BCUT2D eigenvalue weighted by molar-refractivity contribution is 0.380. The molecule has 5 heteroatoms. The van der Waals surface area contributed by atoms with Crippen LogP contribution in [0.5, 0.6) is 0 Å². The van der Waals surface area contributed by atoms with Crippen LogP contribution in [-0.2, 0) is 11.3 Å². The first-order valence-electron chi connectivity index (χ1n) is 4.80. The van der Waals surface area contributed by atoms with Crippen molar-refractivity contribution < 1.29 is 4.74 Å². The molecular formula is C10H10N2O2S. The van der Waals surface area contributed by atoms with E-state index < -0.39 is 0 Å². The van der Waals surface area contributed by atoms with Gasteiger partial charge in [-0.1, -0.05) is 0 Å². The highest BCUT2D eigenvalue weighted by Gasteiger charge is 2.23. The summed E-state index contributed by atoms with van der Waals surface area (Å²) in [5.74, 6) is 0. The van der Waals surface area contributed by atoms with Crippen LogP contribution in [0.1, 0.15) is 5.56 Å². The van der Waals surface area contributed by atoms with Crippen molar-refractivity contribution in [1.82, 2.24) is 9.55 Å². The number of rotatable bonds is 2. The zero-order chi connectivity index (χ0) is 10.4. The Morgan fingerprint density at radius 1 is 1.73 bits per heavy atom. The molecule has 1 aliphatic rings. The fourth-order valence-electron chi connectivity index (χ4n) is 1.58. The van der Waals surface area contributed by atoms with Crippen molar-refractivity contribution >= 4 is 21.6 Å². The molecule has 3 heterocycles. The van der Waals surface area contributed by atoms with Gasteiger partial charge >= 0.3 is 0 Å². The minimum Gasteiger partial charge on any atom is -0.371 e. The minimum atomic E-state index is 0.0496. The fraction of sp³-hybridized carbons (Fsp3) is 0.400. The number of aryl methyl sites for hydroxylation is 1. The smallest absolute Gasteiger partial charge is 0.271 e. The maximum absolute atomic E-state index is 12.0. The summed E-state index contributed by atoms with van der Waals surface area (Å²) in [5, 5.41) is 1.97. The molecule has 2 aromatic heterocycles. The minimum absolute atomic E-state index is 0.0496. The Balaban J connectivity index is 2.16. The van der Waals surface area contributed by atoms with E-state index in [0.29, 0.717) is 6.54 Å². The van der Waals surface area contributed by atoms with Crippen LogP contribution in [0.3, 0.4) is 0 Å². The van der Waals surface area contributed by atoms with Crippen LogP contribution in [0, 0.1) is 6.92 Å². The molecular weight excluding hydrogens is 212 g/mol. The van der Waals surface area contributed by atoms with Crippen LogP contribution >= 0.6 is 11.3 Å². The highest BCUT2D eigenvalue weighted by Crippen LogP contribution is 2.19. The van der Waals surface area contributed by atoms with Gasteiger partial charge < -0.3 is 4.74 Å². The number of hydrogen-bond donors (Lipinski definition) is 0. The van der Waals surface area contributed by atoms with Crippen LogP contribution in [0.25, 0.3) is 10.2 Å². The highest BCUT2D eigenvalue weighted by atomic mass is 32.1. The Bertz CT molecular complexity index is 568. The zero-order valence-electron chi connectivity index (χ0n) is 8.27. The van der Waals surface area contributed by atoms with Crippen LogP contribution in [0.2, 0.25) is 0 Å². The molecule has 0 N–H and O–H groups in total. The molecule has 78 valence electrons. The average Bonchev–Trinajstić information content (AvgIpc) is 2.95. The van der Waals surface area contributed by atoms with Crippen molar-refractivity contribution in [1.29, 1.82) is 0 Å². The monoisotopic (exact) mass is 222 g/mol. The van der Waals surface area contributed by atoms with Crippen LogP contribution in [0.4, 0.5) is 0 Å². The second-order valence-electron chi connectivity index (χ2n) is 3.75. The van der Waals surface area contributed by atoms with Gasteiger partial charge in [-0.05, 0) is 17.9 Å². The molecule has 0 spiro atoms. The van der Waals surface area contributed by atoms with E-state index in [-0.39, 0.29) is 11.7 Å². The lowest BCUT2D eigenvalue weighted by Crippen LogP contribution is -2.22. The second kappa shape index (κ2) is 3.15. The van der Waals surface area contributed by atoms with Crippen LogP contribution in [0.15, 0.2) is 16.5 Å². The van der Waals surface area contributed by atoms with E-state index >= 15 is 0 Å². The van der Waals surface area contributed by atoms with Crippen molar-refractivity contribution in [3.8, 4) is 0 Å². The summed E-state index contributed by atoms with van der Waals surface area (Å²) in [6, 6.07) is 0. The van der Waals surface area contributed by atoms with Gasteiger partial charge in [0.1, 0.15) is 4.70 Å². The molecule has 0 amide bonds. The summed E-state index contributed by atoms with van der Waals surface area (Å²) in [7, 11) is 0. The van der Waals surface area contributed by atoms with Gasteiger partial charge in [0.15, 0.2) is 0 Å². The van der Waals surface area contributed by atoms with Crippen molar-refractivity contribution in [2.24, 2.45) is 0 Å². The molecule has 1 saturated heterocycles. The standard InChI is InChI=1S/C10H10N2O2S/c1-6-4-15-9-8(6)11-5-12(10(9)13)2-7-3-14-7/h4-5,7H,2-3H2,1H3. The second-order valence-corrected chi connectivity index (χ2v) is 4.63.